The molecule has 1 heterocycles. The molecule has 1 atom stereocenters. The van der Waals surface area contributed by atoms with Crippen LogP contribution in [0.3, 0.4) is 0 Å². The van der Waals surface area contributed by atoms with Crippen molar-refractivity contribution in [3.63, 3.8) is 0 Å². The van der Waals surface area contributed by atoms with Crippen LogP contribution >= 0.6 is 0 Å². The molecule has 1 unspecified atom stereocenters. The summed E-state index contributed by atoms with van der Waals surface area (Å²) in [6.45, 7) is 6.26. The number of rotatable bonds is 7. The van der Waals surface area contributed by atoms with Crippen LogP contribution in [0.25, 0.3) is 0 Å². The minimum atomic E-state index is 0.0613. The van der Waals surface area contributed by atoms with E-state index in [1.807, 2.05) is 0 Å². The number of unbranched alkanes of at least 4 members (excludes halogenated alkanes) is 1. The second kappa shape index (κ2) is 7.22. The van der Waals surface area contributed by atoms with Gasteiger partial charge >= 0.3 is 0 Å². The molecule has 0 amide bonds. The zero-order valence-corrected chi connectivity index (χ0v) is 10.4. The van der Waals surface area contributed by atoms with Gasteiger partial charge in [0.1, 0.15) is 0 Å². The van der Waals surface area contributed by atoms with Crippen molar-refractivity contribution in [1.29, 1.82) is 0 Å². The van der Waals surface area contributed by atoms with Gasteiger partial charge in [0.2, 0.25) is 0 Å². The predicted octanol–water partition coefficient (Wildman–Crippen LogP) is 0.195. The normalized spacial score (nSPS) is 27.2. The standard InChI is InChI=1S/C12H26N2O2/c1-2-3-4-12(5-9-15)11-13-6-7-14(12)8-10-16/h13,15-16H,2-11H2,1H3. The Morgan fingerprint density at radius 1 is 1.25 bits per heavy atom. The van der Waals surface area contributed by atoms with Crippen molar-refractivity contribution in [3.05, 3.63) is 0 Å². The first-order valence-electron chi connectivity index (χ1n) is 6.46. The molecule has 4 heteroatoms. The maximum absolute atomic E-state index is 9.25. The summed E-state index contributed by atoms with van der Waals surface area (Å²) in [5, 5.41) is 21.8. The Hall–Kier alpha value is -0.160. The van der Waals surface area contributed by atoms with E-state index >= 15 is 0 Å². The Kier molecular flexibility index (Phi) is 6.28. The van der Waals surface area contributed by atoms with Crippen LogP contribution in [0.2, 0.25) is 0 Å². The third-order valence-corrected chi connectivity index (χ3v) is 3.63. The smallest absolute Gasteiger partial charge is 0.0558 e. The largest absolute Gasteiger partial charge is 0.396 e. The van der Waals surface area contributed by atoms with Gasteiger partial charge in [-0.2, -0.15) is 0 Å². The van der Waals surface area contributed by atoms with E-state index in [-0.39, 0.29) is 18.8 Å². The fourth-order valence-electron chi connectivity index (χ4n) is 2.69. The molecular weight excluding hydrogens is 204 g/mol. The summed E-state index contributed by atoms with van der Waals surface area (Å²) in [6, 6.07) is 0. The monoisotopic (exact) mass is 230 g/mol. The lowest BCUT2D eigenvalue weighted by Gasteiger charge is -2.47. The van der Waals surface area contributed by atoms with Gasteiger partial charge in [-0.3, -0.25) is 4.90 Å². The Bertz CT molecular complexity index is 184. The quantitative estimate of drug-likeness (QED) is 0.585. The number of hydrogen-bond acceptors (Lipinski definition) is 4. The number of piperazine rings is 1. The molecule has 0 aromatic rings. The maximum atomic E-state index is 9.25. The summed E-state index contributed by atoms with van der Waals surface area (Å²) in [5.74, 6) is 0. The molecule has 1 fully saturated rings. The highest BCUT2D eigenvalue weighted by molar-refractivity contribution is 4.95. The topological polar surface area (TPSA) is 55.7 Å². The van der Waals surface area contributed by atoms with Crippen LogP contribution in [0.4, 0.5) is 0 Å². The molecule has 0 aromatic heterocycles. The number of β-amino-alcohol motifs (C(OH)–C–C–N with tert-alkyl or cyclic N) is 1. The minimum absolute atomic E-state index is 0.0613. The lowest BCUT2D eigenvalue weighted by atomic mass is 9.85. The van der Waals surface area contributed by atoms with Gasteiger partial charge in [-0.05, 0) is 12.8 Å². The van der Waals surface area contributed by atoms with Crippen LogP contribution in [0.1, 0.15) is 32.6 Å². The van der Waals surface area contributed by atoms with Crippen LogP contribution in [0.15, 0.2) is 0 Å². The molecule has 16 heavy (non-hydrogen) atoms. The summed E-state index contributed by atoms with van der Waals surface area (Å²) in [4.78, 5) is 2.36. The minimum Gasteiger partial charge on any atom is -0.396 e. The van der Waals surface area contributed by atoms with Gasteiger partial charge in [0.15, 0.2) is 0 Å². The number of hydrogen-bond donors (Lipinski definition) is 3. The Morgan fingerprint density at radius 3 is 2.69 bits per heavy atom. The molecule has 0 aromatic carbocycles. The molecule has 0 aliphatic carbocycles. The third-order valence-electron chi connectivity index (χ3n) is 3.63. The van der Waals surface area contributed by atoms with E-state index < -0.39 is 0 Å². The van der Waals surface area contributed by atoms with Crippen LogP contribution in [0.5, 0.6) is 0 Å². The highest BCUT2D eigenvalue weighted by atomic mass is 16.3. The van der Waals surface area contributed by atoms with Crippen LogP contribution in [-0.4, -0.2) is 60.0 Å². The second-order valence-electron chi connectivity index (χ2n) is 4.69. The van der Waals surface area contributed by atoms with Crippen LogP contribution in [0, 0.1) is 0 Å². The molecule has 4 nitrogen and oxygen atoms in total. The zero-order valence-electron chi connectivity index (χ0n) is 10.4. The number of nitrogens with zero attached hydrogens (tertiary/aromatic N) is 1. The van der Waals surface area contributed by atoms with E-state index in [4.69, 9.17) is 5.11 Å². The summed E-state index contributed by atoms with van der Waals surface area (Å²) >= 11 is 0. The van der Waals surface area contributed by atoms with Gasteiger partial charge in [0, 0.05) is 38.3 Å². The second-order valence-corrected chi connectivity index (χ2v) is 4.69. The van der Waals surface area contributed by atoms with Crippen LogP contribution in [-0.2, 0) is 0 Å². The molecule has 3 N–H and O–H groups in total. The van der Waals surface area contributed by atoms with E-state index in [2.05, 4.69) is 17.1 Å². The van der Waals surface area contributed by atoms with Crippen molar-refractivity contribution in [2.75, 3.05) is 39.4 Å². The first-order chi connectivity index (χ1) is 7.79. The van der Waals surface area contributed by atoms with Gasteiger partial charge in [0.05, 0.1) is 6.61 Å². The summed E-state index contributed by atoms with van der Waals surface area (Å²) in [5.41, 5.74) is 0.0613. The molecule has 1 aliphatic rings. The molecular formula is C12H26N2O2. The van der Waals surface area contributed by atoms with Gasteiger partial charge in [-0.15, -0.1) is 0 Å². The Balaban J connectivity index is 2.66. The van der Waals surface area contributed by atoms with Crippen molar-refractivity contribution in [3.8, 4) is 0 Å². The van der Waals surface area contributed by atoms with Crippen molar-refractivity contribution in [2.24, 2.45) is 0 Å². The number of aliphatic hydroxyl groups excluding tert-OH is 2. The van der Waals surface area contributed by atoms with E-state index in [9.17, 15) is 5.11 Å². The third kappa shape index (κ3) is 3.42. The van der Waals surface area contributed by atoms with Gasteiger partial charge < -0.3 is 15.5 Å². The van der Waals surface area contributed by atoms with Crippen molar-refractivity contribution in [1.82, 2.24) is 10.2 Å². The van der Waals surface area contributed by atoms with E-state index in [0.29, 0.717) is 0 Å². The SMILES string of the molecule is CCCCC1(CCO)CNCCN1CCO. The van der Waals surface area contributed by atoms with Crippen LogP contribution < -0.4 is 5.32 Å². The molecule has 0 bridgehead atoms. The lowest BCUT2D eigenvalue weighted by molar-refractivity contribution is 0.0166. The molecule has 0 spiro atoms. The average Bonchev–Trinajstić information content (AvgIpc) is 2.30. The van der Waals surface area contributed by atoms with E-state index in [0.717, 1.165) is 39.0 Å². The highest BCUT2D eigenvalue weighted by Gasteiger charge is 2.37. The number of nitrogens with one attached hydrogen (secondary N) is 1. The van der Waals surface area contributed by atoms with Crippen molar-refractivity contribution in [2.45, 2.75) is 38.1 Å². The first-order valence-corrected chi connectivity index (χ1v) is 6.46. The summed E-state index contributed by atoms with van der Waals surface area (Å²) in [6.07, 6.45) is 4.28. The summed E-state index contributed by atoms with van der Waals surface area (Å²) in [7, 11) is 0. The maximum Gasteiger partial charge on any atom is 0.0558 e. The first kappa shape index (κ1) is 13.9. The van der Waals surface area contributed by atoms with Crippen molar-refractivity contribution < 1.29 is 10.2 Å². The molecule has 96 valence electrons. The van der Waals surface area contributed by atoms with Gasteiger partial charge in [0.25, 0.3) is 0 Å². The van der Waals surface area contributed by atoms with Crippen molar-refractivity contribution >= 4 is 0 Å². The van der Waals surface area contributed by atoms with E-state index in [1.54, 1.807) is 0 Å². The molecule has 0 radical (unpaired) electrons. The average molecular weight is 230 g/mol. The van der Waals surface area contributed by atoms with Gasteiger partial charge in [-0.25, -0.2) is 0 Å². The fraction of sp³-hybridized carbons (Fsp3) is 1.00. The Labute approximate surface area is 98.6 Å². The molecule has 0 saturated carbocycles. The van der Waals surface area contributed by atoms with Gasteiger partial charge in [-0.1, -0.05) is 19.8 Å². The molecule has 1 rings (SSSR count). The Morgan fingerprint density at radius 2 is 2.06 bits per heavy atom. The molecule has 1 saturated heterocycles. The summed E-state index contributed by atoms with van der Waals surface area (Å²) < 4.78 is 0. The highest BCUT2D eigenvalue weighted by Crippen LogP contribution is 2.27. The number of aliphatic hydroxyl groups is 2. The fourth-order valence-corrected chi connectivity index (χ4v) is 2.69. The lowest BCUT2D eigenvalue weighted by Crippen LogP contribution is -2.62. The predicted molar refractivity (Wildman–Crippen MR) is 65.5 cm³/mol. The molecule has 1 aliphatic heterocycles. The van der Waals surface area contributed by atoms with E-state index in [1.165, 1.54) is 12.8 Å². The zero-order chi connectivity index (χ0) is 11.9.